The van der Waals surface area contributed by atoms with E-state index in [-0.39, 0.29) is 24.2 Å². The summed E-state index contributed by atoms with van der Waals surface area (Å²) in [5, 5.41) is 13.8. The molecule has 0 aliphatic carbocycles. The Bertz CT molecular complexity index is 599. The Morgan fingerprint density at radius 2 is 2.19 bits per heavy atom. The van der Waals surface area contributed by atoms with Crippen LogP contribution in [0.2, 0.25) is 0 Å². The van der Waals surface area contributed by atoms with Gasteiger partial charge in [-0.2, -0.15) is 0 Å². The molecular formula is C14H20ClN5O. The van der Waals surface area contributed by atoms with Crippen molar-refractivity contribution in [1.82, 2.24) is 20.1 Å². The van der Waals surface area contributed by atoms with Crippen molar-refractivity contribution < 1.29 is 4.79 Å². The Hall–Kier alpha value is -1.92. The van der Waals surface area contributed by atoms with Crippen molar-refractivity contribution in [2.45, 2.75) is 6.92 Å². The van der Waals surface area contributed by atoms with Gasteiger partial charge in [-0.15, -0.1) is 22.6 Å². The molecule has 2 N–H and O–H groups in total. The summed E-state index contributed by atoms with van der Waals surface area (Å²) >= 11 is 0. The minimum Gasteiger partial charge on any atom is -0.326 e. The van der Waals surface area contributed by atoms with Gasteiger partial charge in [0.2, 0.25) is 5.91 Å². The maximum Gasteiger partial charge on any atom is 0.228 e. The van der Waals surface area contributed by atoms with E-state index in [9.17, 15) is 4.79 Å². The second-order valence-electron chi connectivity index (χ2n) is 4.79. The Kier molecular flexibility index (Phi) is 6.33. The third-order valence-electron chi connectivity index (χ3n) is 3.06. The number of amides is 1. The smallest absolute Gasteiger partial charge is 0.228 e. The number of carbonyl (C=O) groups is 1. The number of rotatable bonds is 5. The van der Waals surface area contributed by atoms with Gasteiger partial charge < -0.3 is 15.2 Å². The zero-order chi connectivity index (χ0) is 14.5. The van der Waals surface area contributed by atoms with Gasteiger partial charge in [-0.25, -0.2) is 0 Å². The number of hydrogen-bond acceptors (Lipinski definition) is 4. The topological polar surface area (TPSA) is 71.8 Å². The largest absolute Gasteiger partial charge is 0.326 e. The first-order valence-corrected chi connectivity index (χ1v) is 6.51. The Balaban J connectivity index is 0.00000220. The van der Waals surface area contributed by atoms with E-state index in [1.165, 1.54) is 0 Å². The summed E-state index contributed by atoms with van der Waals surface area (Å²) in [5.41, 5.74) is 1.68. The predicted octanol–water partition coefficient (Wildman–Crippen LogP) is 1.70. The fourth-order valence-corrected chi connectivity index (χ4v) is 1.94. The maximum atomic E-state index is 12.0. The highest BCUT2D eigenvalue weighted by Crippen LogP contribution is 2.20. The molecule has 1 aromatic heterocycles. The lowest BCUT2D eigenvalue weighted by molar-refractivity contribution is -0.119. The van der Waals surface area contributed by atoms with Crippen molar-refractivity contribution in [1.29, 1.82) is 0 Å². The van der Waals surface area contributed by atoms with E-state index < -0.39 is 0 Å². The highest BCUT2D eigenvalue weighted by molar-refractivity contribution is 5.93. The highest BCUT2D eigenvalue weighted by atomic mass is 35.5. The third kappa shape index (κ3) is 4.27. The van der Waals surface area contributed by atoms with Crippen LogP contribution in [0.15, 0.2) is 30.6 Å². The number of benzene rings is 1. The molecule has 1 amide bonds. The molecule has 2 rings (SSSR count). The van der Waals surface area contributed by atoms with Crippen LogP contribution < -0.4 is 10.6 Å². The van der Waals surface area contributed by atoms with E-state index in [1.54, 1.807) is 6.33 Å². The maximum absolute atomic E-state index is 12.0. The number of hydrogen-bond donors (Lipinski definition) is 2. The van der Waals surface area contributed by atoms with E-state index in [2.05, 4.69) is 20.8 Å². The lowest BCUT2D eigenvalue weighted by Gasteiger charge is -2.12. The van der Waals surface area contributed by atoms with Crippen molar-refractivity contribution in [3.63, 3.8) is 0 Å². The van der Waals surface area contributed by atoms with E-state index in [4.69, 9.17) is 0 Å². The standard InChI is InChI=1S/C14H19N5O.ClH/c1-10(8-15-2)14(20)17-12-6-4-5-11(7-12)13-18-16-9-19(13)3;/h4-7,9-10,15H,8H2,1-3H3,(H,17,20);1H. The number of carbonyl (C=O) groups excluding carboxylic acids is 1. The second-order valence-corrected chi connectivity index (χ2v) is 4.79. The molecule has 2 aromatic rings. The molecule has 6 nitrogen and oxygen atoms in total. The molecule has 114 valence electrons. The van der Waals surface area contributed by atoms with Crippen LogP contribution in [-0.2, 0) is 11.8 Å². The minimum atomic E-state index is -0.0847. The van der Waals surface area contributed by atoms with E-state index in [0.29, 0.717) is 6.54 Å². The summed E-state index contributed by atoms with van der Waals surface area (Å²) in [5.74, 6) is 0.678. The number of aryl methyl sites for hydroxylation is 1. The van der Waals surface area contributed by atoms with Gasteiger partial charge in [0.25, 0.3) is 0 Å². The monoisotopic (exact) mass is 309 g/mol. The van der Waals surface area contributed by atoms with Crippen molar-refractivity contribution >= 4 is 24.0 Å². The molecule has 0 bridgehead atoms. The molecule has 0 aliphatic heterocycles. The molecule has 0 saturated heterocycles. The summed E-state index contributed by atoms with van der Waals surface area (Å²) in [7, 11) is 3.72. The normalized spacial score (nSPS) is 11.6. The summed E-state index contributed by atoms with van der Waals surface area (Å²) < 4.78 is 1.84. The molecule has 0 aliphatic rings. The molecule has 0 fully saturated rings. The first-order valence-electron chi connectivity index (χ1n) is 6.51. The highest BCUT2D eigenvalue weighted by Gasteiger charge is 2.12. The van der Waals surface area contributed by atoms with E-state index in [0.717, 1.165) is 17.1 Å². The van der Waals surface area contributed by atoms with E-state index in [1.807, 2.05) is 49.9 Å². The zero-order valence-electron chi connectivity index (χ0n) is 12.3. The second kappa shape index (κ2) is 7.75. The number of nitrogens with one attached hydrogen (secondary N) is 2. The van der Waals surface area contributed by atoms with Gasteiger partial charge in [0.1, 0.15) is 6.33 Å². The molecule has 21 heavy (non-hydrogen) atoms. The molecule has 1 atom stereocenters. The van der Waals surface area contributed by atoms with Crippen molar-refractivity contribution in [2.24, 2.45) is 13.0 Å². The summed E-state index contributed by atoms with van der Waals surface area (Å²) in [6.45, 7) is 2.53. The lowest BCUT2D eigenvalue weighted by atomic mass is 10.1. The molecule has 1 unspecified atom stereocenters. The number of anilines is 1. The SMILES string of the molecule is CNCC(C)C(=O)Nc1cccc(-c2nncn2C)c1.Cl. The molecular weight excluding hydrogens is 290 g/mol. The molecule has 0 spiro atoms. The van der Waals surface area contributed by atoms with Crippen LogP contribution in [-0.4, -0.2) is 34.3 Å². The fraction of sp³-hybridized carbons (Fsp3) is 0.357. The number of halogens is 1. The van der Waals surface area contributed by atoms with Crippen LogP contribution in [0.5, 0.6) is 0 Å². The number of nitrogens with zero attached hydrogens (tertiary/aromatic N) is 3. The summed E-state index contributed by atoms with van der Waals surface area (Å²) in [6, 6.07) is 7.59. The molecule has 1 aromatic carbocycles. The van der Waals surface area contributed by atoms with Gasteiger partial charge in [0.05, 0.1) is 0 Å². The van der Waals surface area contributed by atoms with Gasteiger partial charge in [-0.05, 0) is 19.2 Å². The Morgan fingerprint density at radius 3 is 2.81 bits per heavy atom. The quantitative estimate of drug-likeness (QED) is 0.882. The Morgan fingerprint density at radius 1 is 1.43 bits per heavy atom. The van der Waals surface area contributed by atoms with Crippen LogP contribution in [0, 0.1) is 5.92 Å². The predicted molar refractivity (Wildman–Crippen MR) is 85.4 cm³/mol. The van der Waals surface area contributed by atoms with Crippen LogP contribution >= 0.6 is 12.4 Å². The van der Waals surface area contributed by atoms with Gasteiger partial charge in [0, 0.05) is 30.8 Å². The molecule has 0 radical (unpaired) electrons. The fourth-order valence-electron chi connectivity index (χ4n) is 1.94. The van der Waals surface area contributed by atoms with Crippen molar-refractivity contribution in [3.05, 3.63) is 30.6 Å². The van der Waals surface area contributed by atoms with Crippen LogP contribution in [0.4, 0.5) is 5.69 Å². The zero-order valence-corrected chi connectivity index (χ0v) is 13.1. The van der Waals surface area contributed by atoms with E-state index >= 15 is 0 Å². The molecule has 7 heteroatoms. The van der Waals surface area contributed by atoms with Gasteiger partial charge >= 0.3 is 0 Å². The van der Waals surface area contributed by atoms with Crippen LogP contribution in [0.3, 0.4) is 0 Å². The van der Waals surface area contributed by atoms with Crippen LogP contribution in [0.25, 0.3) is 11.4 Å². The average Bonchev–Trinajstić information content (AvgIpc) is 2.85. The summed E-state index contributed by atoms with van der Waals surface area (Å²) in [4.78, 5) is 12.0. The summed E-state index contributed by atoms with van der Waals surface area (Å²) in [6.07, 6.45) is 1.65. The average molecular weight is 310 g/mol. The first kappa shape index (κ1) is 17.1. The van der Waals surface area contributed by atoms with Crippen LogP contribution in [0.1, 0.15) is 6.92 Å². The van der Waals surface area contributed by atoms with Gasteiger partial charge in [0.15, 0.2) is 5.82 Å². The molecule has 0 saturated carbocycles. The van der Waals surface area contributed by atoms with Crippen molar-refractivity contribution in [2.75, 3.05) is 18.9 Å². The lowest BCUT2D eigenvalue weighted by Crippen LogP contribution is -2.28. The minimum absolute atomic E-state index is 0. The van der Waals surface area contributed by atoms with Gasteiger partial charge in [-0.3, -0.25) is 4.79 Å². The third-order valence-corrected chi connectivity index (χ3v) is 3.06. The van der Waals surface area contributed by atoms with Gasteiger partial charge in [-0.1, -0.05) is 19.1 Å². The Labute approximate surface area is 130 Å². The molecule has 1 heterocycles. The first-order chi connectivity index (χ1) is 9.61. The number of aromatic nitrogens is 3. The van der Waals surface area contributed by atoms with Crippen molar-refractivity contribution in [3.8, 4) is 11.4 Å².